The monoisotopic (exact) mass is 471 g/mol. The molecule has 0 aliphatic rings. The van der Waals surface area contributed by atoms with E-state index in [2.05, 4.69) is 42.3 Å². The van der Waals surface area contributed by atoms with Crippen molar-refractivity contribution in [3.05, 3.63) is 59.9 Å². The summed E-state index contributed by atoms with van der Waals surface area (Å²) >= 11 is 10.1. The molecule has 118 valence electrons. The van der Waals surface area contributed by atoms with E-state index in [9.17, 15) is 4.79 Å². The number of carbonyl (C=O) groups is 1. The van der Waals surface area contributed by atoms with Gasteiger partial charge in [0.2, 0.25) is 5.91 Å². The summed E-state index contributed by atoms with van der Waals surface area (Å²) in [6.07, 6.45) is 5.00. The quantitative estimate of drug-likeness (QED) is 0.516. The first-order valence-electron chi connectivity index (χ1n) is 6.59. The van der Waals surface area contributed by atoms with Crippen molar-refractivity contribution >= 4 is 72.3 Å². The van der Waals surface area contributed by atoms with E-state index in [-0.39, 0.29) is 5.91 Å². The molecule has 0 saturated carbocycles. The minimum absolute atomic E-state index is 0.177. The fraction of sp³-hybridized carbons (Fsp3) is 0.0667. The summed E-state index contributed by atoms with van der Waals surface area (Å²) in [5.74, 6) is 0.500. The second-order valence-electron chi connectivity index (χ2n) is 4.57. The highest BCUT2D eigenvalue weighted by atomic mass is 79.9. The van der Waals surface area contributed by atoms with E-state index < -0.39 is 0 Å². The van der Waals surface area contributed by atoms with Gasteiger partial charge >= 0.3 is 0 Å². The van der Waals surface area contributed by atoms with Crippen LogP contribution < -0.4 is 5.32 Å². The highest BCUT2D eigenvalue weighted by Gasteiger charge is 2.07. The molecule has 3 rings (SSSR count). The Bertz CT molecular complexity index is 850. The predicted octanol–water partition coefficient (Wildman–Crippen LogP) is 5.23. The second-order valence-corrected chi connectivity index (χ2v) is 8.98. The third-order valence-corrected chi connectivity index (χ3v) is 6.16. The molecule has 1 amide bonds. The molecule has 23 heavy (non-hydrogen) atoms. The number of carbonyl (C=O) groups excluding carboxylic acids is 1. The Morgan fingerprint density at radius 3 is 2.91 bits per heavy atom. The van der Waals surface area contributed by atoms with E-state index in [1.807, 2.05) is 23.6 Å². The van der Waals surface area contributed by atoms with Crippen LogP contribution in [0.15, 0.2) is 50.2 Å². The van der Waals surface area contributed by atoms with Crippen LogP contribution in [0.3, 0.4) is 0 Å². The normalized spacial score (nSPS) is 11.2. The third-order valence-electron chi connectivity index (χ3n) is 2.89. The second kappa shape index (κ2) is 7.57. The van der Waals surface area contributed by atoms with Gasteiger partial charge in [-0.25, -0.2) is 4.68 Å². The molecule has 0 spiro atoms. The number of aromatic nitrogens is 2. The van der Waals surface area contributed by atoms with Crippen LogP contribution in [0.4, 0.5) is 5.82 Å². The van der Waals surface area contributed by atoms with Crippen LogP contribution in [0, 0.1) is 0 Å². The largest absolute Gasteiger partial charge is 0.307 e. The van der Waals surface area contributed by atoms with Crippen LogP contribution >= 0.6 is 54.5 Å². The lowest BCUT2D eigenvalue weighted by Crippen LogP contribution is -2.13. The Kier molecular flexibility index (Phi) is 5.47. The van der Waals surface area contributed by atoms with Crippen molar-refractivity contribution in [3.63, 3.8) is 0 Å². The van der Waals surface area contributed by atoms with Gasteiger partial charge in [0.25, 0.3) is 0 Å². The van der Waals surface area contributed by atoms with Crippen molar-refractivity contribution in [2.45, 2.75) is 6.54 Å². The van der Waals surface area contributed by atoms with E-state index in [1.54, 1.807) is 45.7 Å². The maximum atomic E-state index is 12.0. The van der Waals surface area contributed by atoms with Gasteiger partial charge in [-0.15, -0.1) is 22.7 Å². The highest BCUT2D eigenvalue weighted by molar-refractivity contribution is 9.11. The average Bonchev–Trinajstić information content (AvgIpc) is 3.21. The Morgan fingerprint density at radius 1 is 1.35 bits per heavy atom. The van der Waals surface area contributed by atoms with Crippen LogP contribution in [0.1, 0.15) is 9.75 Å². The summed E-state index contributed by atoms with van der Waals surface area (Å²) in [6, 6.07) is 7.75. The van der Waals surface area contributed by atoms with Crippen molar-refractivity contribution in [1.82, 2.24) is 9.78 Å². The molecule has 0 atom stereocenters. The molecule has 0 saturated heterocycles. The SMILES string of the molecule is O=C(/C=C/c1ccc(Br)s1)Nc1ccnn1Cc1cc(Br)cs1. The molecule has 3 aromatic heterocycles. The molecule has 3 aromatic rings. The number of hydrogen-bond donors (Lipinski definition) is 1. The molecule has 0 aliphatic carbocycles. The average molecular weight is 473 g/mol. The lowest BCUT2D eigenvalue weighted by Gasteiger charge is -2.06. The molecular formula is C15H11Br2N3OS2. The summed E-state index contributed by atoms with van der Waals surface area (Å²) in [5.41, 5.74) is 0. The van der Waals surface area contributed by atoms with Gasteiger partial charge in [-0.2, -0.15) is 5.10 Å². The van der Waals surface area contributed by atoms with E-state index >= 15 is 0 Å². The fourth-order valence-electron chi connectivity index (χ4n) is 1.89. The molecule has 3 heterocycles. The molecule has 0 fully saturated rings. The lowest BCUT2D eigenvalue weighted by atomic mass is 10.4. The zero-order chi connectivity index (χ0) is 16.2. The standard InChI is InChI=1S/C15H11Br2N3OS2/c16-10-7-12(22-9-10)8-20-14(5-6-18-20)19-15(21)4-2-11-1-3-13(17)23-11/h1-7,9H,8H2,(H,19,21)/b4-2+. The van der Waals surface area contributed by atoms with E-state index in [0.29, 0.717) is 12.4 Å². The Hall–Kier alpha value is -1.22. The molecule has 0 unspecified atom stereocenters. The van der Waals surface area contributed by atoms with Crippen molar-refractivity contribution in [1.29, 1.82) is 0 Å². The predicted molar refractivity (Wildman–Crippen MR) is 103 cm³/mol. The molecule has 0 aromatic carbocycles. The van der Waals surface area contributed by atoms with E-state index in [1.165, 1.54) is 6.08 Å². The molecule has 1 N–H and O–H groups in total. The number of anilines is 1. The Morgan fingerprint density at radius 2 is 2.22 bits per heavy atom. The van der Waals surface area contributed by atoms with Crippen molar-refractivity contribution in [2.75, 3.05) is 5.32 Å². The number of rotatable bonds is 5. The zero-order valence-corrected chi connectivity index (χ0v) is 16.5. The van der Waals surface area contributed by atoms with Gasteiger partial charge in [0.05, 0.1) is 16.5 Å². The first-order valence-corrected chi connectivity index (χ1v) is 9.87. The number of amides is 1. The maximum Gasteiger partial charge on any atom is 0.249 e. The van der Waals surface area contributed by atoms with Gasteiger partial charge in [-0.1, -0.05) is 0 Å². The van der Waals surface area contributed by atoms with Crippen molar-refractivity contribution in [2.24, 2.45) is 0 Å². The van der Waals surface area contributed by atoms with Crippen molar-refractivity contribution in [3.8, 4) is 0 Å². The fourth-order valence-corrected chi connectivity index (χ4v) is 4.65. The van der Waals surface area contributed by atoms with E-state index in [0.717, 1.165) is 18.0 Å². The van der Waals surface area contributed by atoms with Crippen LogP contribution in [-0.2, 0) is 11.3 Å². The van der Waals surface area contributed by atoms with Crippen LogP contribution in [-0.4, -0.2) is 15.7 Å². The smallest absolute Gasteiger partial charge is 0.249 e. The topological polar surface area (TPSA) is 46.9 Å². The first-order chi connectivity index (χ1) is 11.1. The first kappa shape index (κ1) is 16.6. The van der Waals surface area contributed by atoms with Crippen LogP contribution in [0.5, 0.6) is 0 Å². The van der Waals surface area contributed by atoms with Crippen LogP contribution in [0.25, 0.3) is 6.08 Å². The summed E-state index contributed by atoms with van der Waals surface area (Å²) in [6.45, 7) is 0.625. The third kappa shape index (κ3) is 4.63. The Balaban J connectivity index is 1.65. The number of halogens is 2. The lowest BCUT2D eigenvalue weighted by molar-refractivity contribution is -0.111. The number of hydrogen-bond acceptors (Lipinski definition) is 4. The van der Waals surface area contributed by atoms with Crippen molar-refractivity contribution < 1.29 is 4.79 Å². The summed E-state index contributed by atoms with van der Waals surface area (Å²) < 4.78 is 3.86. The van der Waals surface area contributed by atoms with Gasteiger partial charge in [-0.05, 0) is 56.1 Å². The minimum atomic E-state index is -0.177. The molecule has 0 aliphatic heterocycles. The van der Waals surface area contributed by atoms with Gasteiger partial charge in [0.1, 0.15) is 5.82 Å². The number of nitrogens with one attached hydrogen (secondary N) is 1. The molecule has 0 radical (unpaired) electrons. The maximum absolute atomic E-state index is 12.0. The number of nitrogens with zero attached hydrogens (tertiary/aromatic N) is 2. The van der Waals surface area contributed by atoms with Gasteiger partial charge in [0.15, 0.2) is 0 Å². The molecule has 0 bridgehead atoms. The Labute approximate surface area is 158 Å². The van der Waals surface area contributed by atoms with Gasteiger partial charge in [-0.3, -0.25) is 4.79 Å². The highest BCUT2D eigenvalue weighted by Crippen LogP contribution is 2.23. The summed E-state index contributed by atoms with van der Waals surface area (Å²) in [4.78, 5) is 14.2. The van der Waals surface area contributed by atoms with Gasteiger partial charge < -0.3 is 5.32 Å². The summed E-state index contributed by atoms with van der Waals surface area (Å²) in [5, 5.41) is 9.14. The molecule has 4 nitrogen and oxygen atoms in total. The van der Waals surface area contributed by atoms with E-state index in [4.69, 9.17) is 0 Å². The van der Waals surface area contributed by atoms with Gasteiger partial charge in [0, 0.05) is 31.7 Å². The van der Waals surface area contributed by atoms with Crippen LogP contribution in [0.2, 0.25) is 0 Å². The number of thiophene rings is 2. The minimum Gasteiger partial charge on any atom is -0.307 e. The zero-order valence-electron chi connectivity index (χ0n) is 11.7. The molecule has 8 heteroatoms. The molecular weight excluding hydrogens is 462 g/mol. The summed E-state index contributed by atoms with van der Waals surface area (Å²) in [7, 11) is 0.